The van der Waals surface area contributed by atoms with Gasteiger partial charge in [0.05, 0.1) is 11.5 Å². The average molecular weight is 508 g/mol. The summed E-state index contributed by atoms with van der Waals surface area (Å²) in [4.78, 5) is 12.1. The molecule has 194 valence electrons. The second-order valence-corrected chi connectivity index (χ2v) is 11.4. The number of carbonyl (C=O) groups excluding carboxylic acids is 1. The van der Waals surface area contributed by atoms with Crippen molar-refractivity contribution < 1.29 is 9.53 Å². The number of unbranched alkanes of at least 4 members (excludes halogenated alkanes) is 5. The lowest BCUT2D eigenvalue weighted by Crippen LogP contribution is -2.25. The number of rotatable bonds is 12. The molecule has 0 aliphatic heterocycles. The van der Waals surface area contributed by atoms with Gasteiger partial charge in [-0.1, -0.05) is 95.7 Å². The van der Waals surface area contributed by atoms with E-state index in [-0.39, 0.29) is 11.3 Å². The summed E-state index contributed by atoms with van der Waals surface area (Å²) in [6.07, 6.45) is 13.0. The molecule has 2 aromatic rings. The number of carbonyl (C=O) groups is 1. The number of nitriles is 1. The first-order valence-electron chi connectivity index (χ1n) is 13.8. The van der Waals surface area contributed by atoms with Gasteiger partial charge in [0.15, 0.2) is 0 Å². The summed E-state index contributed by atoms with van der Waals surface area (Å²) in [6.45, 7) is 6.05. The van der Waals surface area contributed by atoms with Gasteiger partial charge in [0.2, 0.25) is 0 Å². The molecule has 1 saturated carbocycles. The van der Waals surface area contributed by atoms with Crippen LogP contribution < -0.4 is 4.74 Å². The molecular weight excluding hydrogens is 466 g/mol. The first kappa shape index (κ1) is 28.3. The molecular formula is C32H42ClNO2. The van der Waals surface area contributed by atoms with Crippen LogP contribution in [0.4, 0.5) is 0 Å². The van der Waals surface area contributed by atoms with Crippen molar-refractivity contribution in [2.24, 2.45) is 11.3 Å². The van der Waals surface area contributed by atoms with Gasteiger partial charge >= 0.3 is 5.97 Å². The lowest BCUT2D eigenvalue weighted by Gasteiger charge is -2.35. The highest BCUT2D eigenvalue weighted by molar-refractivity contribution is 6.30. The molecule has 36 heavy (non-hydrogen) atoms. The minimum Gasteiger partial charge on any atom is -0.425 e. The second-order valence-electron chi connectivity index (χ2n) is 10.9. The Morgan fingerprint density at radius 1 is 0.972 bits per heavy atom. The minimum absolute atomic E-state index is 0.0257. The van der Waals surface area contributed by atoms with Crippen molar-refractivity contribution in [2.45, 2.75) is 103 Å². The van der Waals surface area contributed by atoms with E-state index in [1.165, 1.54) is 44.1 Å². The van der Waals surface area contributed by atoms with Crippen LogP contribution in [0.15, 0.2) is 48.5 Å². The fourth-order valence-corrected chi connectivity index (χ4v) is 5.32. The summed E-state index contributed by atoms with van der Waals surface area (Å²) >= 11 is 6.10. The third-order valence-corrected chi connectivity index (χ3v) is 8.47. The number of hydrogen-bond donors (Lipinski definition) is 0. The molecule has 1 unspecified atom stereocenters. The van der Waals surface area contributed by atoms with Crippen LogP contribution in [0.1, 0.15) is 103 Å². The minimum atomic E-state index is -0.647. The number of hydrogen-bond acceptors (Lipinski definition) is 3. The number of benzene rings is 2. The third kappa shape index (κ3) is 7.84. The van der Waals surface area contributed by atoms with E-state index >= 15 is 0 Å². The van der Waals surface area contributed by atoms with Crippen LogP contribution in [0, 0.1) is 22.7 Å². The Bertz CT molecular complexity index is 982. The zero-order valence-corrected chi connectivity index (χ0v) is 23.0. The van der Waals surface area contributed by atoms with E-state index in [0.29, 0.717) is 11.7 Å². The van der Waals surface area contributed by atoms with Crippen molar-refractivity contribution in [3.8, 4) is 22.9 Å². The van der Waals surface area contributed by atoms with Crippen molar-refractivity contribution in [1.29, 1.82) is 5.26 Å². The lowest BCUT2D eigenvalue weighted by atomic mass is 9.67. The van der Waals surface area contributed by atoms with E-state index in [0.717, 1.165) is 43.2 Å². The first-order valence-corrected chi connectivity index (χ1v) is 14.3. The lowest BCUT2D eigenvalue weighted by molar-refractivity contribution is -0.134. The predicted octanol–water partition coefficient (Wildman–Crippen LogP) is 9.44. The number of nitrogens with zero attached hydrogens (tertiary/aromatic N) is 1. The largest absolute Gasteiger partial charge is 0.425 e. The maximum Gasteiger partial charge on any atom is 0.329 e. The summed E-state index contributed by atoms with van der Waals surface area (Å²) in [6, 6.07) is 19.1. The van der Waals surface area contributed by atoms with Gasteiger partial charge in [0.25, 0.3) is 0 Å². The molecule has 0 spiro atoms. The van der Waals surface area contributed by atoms with Crippen molar-refractivity contribution in [1.82, 2.24) is 0 Å². The van der Waals surface area contributed by atoms with E-state index in [2.05, 4.69) is 37.3 Å². The molecule has 1 aliphatic rings. The molecule has 0 N–H and O–H groups in total. The average Bonchev–Trinajstić information content (AvgIpc) is 2.91. The van der Waals surface area contributed by atoms with Crippen molar-refractivity contribution in [2.75, 3.05) is 0 Å². The van der Waals surface area contributed by atoms with Gasteiger partial charge in [-0.05, 0) is 72.8 Å². The smallest absolute Gasteiger partial charge is 0.329 e. The molecule has 0 saturated heterocycles. The molecule has 0 amide bonds. The summed E-state index contributed by atoms with van der Waals surface area (Å²) in [7, 11) is 0. The maximum absolute atomic E-state index is 12.1. The molecule has 3 nitrogen and oxygen atoms in total. The Labute approximate surface area is 223 Å². The van der Waals surface area contributed by atoms with Gasteiger partial charge in [0, 0.05) is 0 Å². The topological polar surface area (TPSA) is 50.1 Å². The van der Waals surface area contributed by atoms with Gasteiger partial charge in [-0.25, -0.2) is 0 Å². The second kappa shape index (κ2) is 13.8. The molecule has 0 heterocycles. The third-order valence-electron chi connectivity index (χ3n) is 7.79. The standard InChI is InChI=1S/C32H42ClNO2/c1-4-5-6-7-8-9-20-32(23-34)21-18-28(19-22-32)26-12-10-25(11-13-26)27-14-16-29(17-15-27)36-31(35)30(33)24(2)3/h10-17,24,28,30H,4-9,18-22H2,1-3H3. The molecule has 3 rings (SSSR count). The van der Waals surface area contributed by atoms with Crippen molar-refractivity contribution in [3.63, 3.8) is 0 Å². The zero-order valence-electron chi connectivity index (χ0n) is 22.3. The van der Waals surface area contributed by atoms with Crippen LogP contribution in [0.25, 0.3) is 11.1 Å². The maximum atomic E-state index is 12.1. The Hall–Kier alpha value is -2.31. The summed E-state index contributed by atoms with van der Waals surface area (Å²) in [5, 5.41) is 9.29. The van der Waals surface area contributed by atoms with Gasteiger partial charge in [-0.15, -0.1) is 11.6 Å². The van der Waals surface area contributed by atoms with E-state index in [9.17, 15) is 10.1 Å². The van der Waals surface area contributed by atoms with E-state index in [1.54, 1.807) is 0 Å². The van der Waals surface area contributed by atoms with Crippen LogP contribution in [0.2, 0.25) is 0 Å². The molecule has 2 aromatic carbocycles. The van der Waals surface area contributed by atoms with Crippen LogP contribution in [-0.4, -0.2) is 11.3 Å². The quantitative estimate of drug-likeness (QED) is 0.124. The SMILES string of the molecule is CCCCCCCCC1(C#N)CCC(c2ccc(-c3ccc(OC(=O)C(Cl)C(C)C)cc3)cc2)CC1. The van der Waals surface area contributed by atoms with E-state index in [1.807, 2.05) is 38.1 Å². The Kier molecular flexibility index (Phi) is 10.9. The number of esters is 1. The van der Waals surface area contributed by atoms with Crippen molar-refractivity contribution in [3.05, 3.63) is 54.1 Å². The first-order chi connectivity index (χ1) is 17.4. The van der Waals surface area contributed by atoms with Gasteiger partial charge in [-0.3, -0.25) is 4.79 Å². The zero-order chi connectivity index (χ0) is 26.0. The molecule has 1 atom stereocenters. The molecule has 0 radical (unpaired) electrons. The summed E-state index contributed by atoms with van der Waals surface area (Å²) < 4.78 is 5.41. The van der Waals surface area contributed by atoms with Crippen LogP contribution in [-0.2, 0) is 4.79 Å². The van der Waals surface area contributed by atoms with Crippen LogP contribution >= 0.6 is 11.6 Å². The van der Waals surface area contributed by atoms with Gasteiger partial charge in [-0.2, -0.15) is 5.26 Å². The fraction of sp³-hybridized carbons (Fsp3) is 0.562. The van der Waals surface area contributed by atoms with Gasteiger partial charge < -0.3 is 4.74 Å². The monoisotopic (exact) mass is 507 g/mol. The highest BCUT2D eigenvalue weighted by Crippen LogP contribution is 2.46. The van der Waals surface area contributed by atoms with Crippen LogP contribution in [0.3, 0.4) is 0 Å². The number of halogens is 1. The fourth-order valence-electron chi connectivity index (χ4n) is 5.27. The normalized spacial score (nSPS) is 20.6. The molecule has 0 aromatic heterocycles. The highest BCUT2D eigenvalue weighted by atomic mass is 35.5. The predicted molar refractivity (Wildman–Crippen MR) is 149 cm³/mol. The summed E-state index contributed by atoms with van der Waals surface area (Å²) in [5.41, 5.74) is 3.49. The molecule has 4 heteroatoms. The van der Waals surface area contributed by atoms with Gasteiger partial charge in [0.1, 0.15) is 11.1 Å². The number of alkyl halides is 1. The Balaban J connectivity index is 1.51. The Morgan fingerprint density at radius 2 is 1.53 bits per heavy atom. The van der Waals surface area contributed by atoms with E-state index < -0.39 is 11.3 Å². The number of ether oxygens (including phenoxy) is 1. The van der Waals surface area contributed by atoms with Crippen LogP contribution in [0.5, 0.6) is 5.75 Å². The summed E-state index contributed by atoms with van der Waals surface area (Å²) in [5.74, 6) is 0.661. The molecule has 1 fully saturated rings. The van der Waals surface area contributed by atoms with Crippen molar-refractivity contribution >= 4 is 17.6 Å². The van der Waals surface area contributed by atoms with E-state index in [4.69, 9.17) is 16.3 Å². The Morgan fingerprint density at radius 3 is 2.08 bits per heavy atom. The molecule has 1 aliphatic carbocycles. The highest BCUT2D eigenvalue weighted by Gasteiger charge is 2.35. The molecule has 0 bridgehead atoms.